The SMILES string of the molecule is CCSCCOC(=O)CCCCCCCCCCCCCCCC(C)CC. The molecule has 2 nitrogen and oxygen atoms in total. The molecule has 1 unspecified atom stereocenters. The Hall–Kier alpha value is -0.180. The van der Waals surface area contributed by atoms with E-state index in [4.69, 9.17) is 4.74 Å². The van der Waals surface area contributed by atoms with Gasteiger partial charge in [0.2, 0.25) is 0 Å². The summed E-state index contributed by atoms with van der Waals surface area (Å²) in [6.07, 6.45) is 20.9. The van der Waals surface area contributed by atoms with Gasteiger partial charge in [0, 0.05) is 12.2 Å². The molecule has 0 amide bonds. The number of rotatable bonds is 21. The van der Waals surface area contributed by atoms with Crippen molar-refractivity contribution in [2.75, 3.05) is 18.1 Å². The number of hydrogen-bond acceptors (Lipinski definition) is 3. The van der Waals surface area contributed by atoms with Crippen LogP contribution in [0.1, 0.15) is 124 Å². The summed E-state index contributed by atoms with van der Waals surface area (Å²) in [5, 5.41) is 0. The highest BCUT2D eigenvalue weighted by Crippen LogP contribution is 2.16. The minimum Gasteiger partial charge on any atom is -0.465 e. The summed E-state index contributed by atoms with van der Waals surface area (Å²) in [6, 6.07) is 0. The van der Waals surface area contributed by atoms with E-state index in [1.807, 2.05) is 11.8 Å². The summed E-state index contributed by atoms with van der Waals surface area (Å²) in [5.74, 6) is 2.94. The Morgan fingerprint density at radius 2 is 1.26 bits per heavy atom. The van der Waals surface area contributed by atoms with Gasteiger partial charge in [-0.3, -0.25) is 4.79 Å². The van der Waals surface area contributed by atoms with Crippen LogP contribution in [0.2, 0.25) is 0 Å². The van der Waals surface area contributed by atoms with E-state index in [0.29, 0.717) is 13.0 Å². The number of hydrogen-bond donors (Lipinski definition) is 0. The van der Waals surface area contributed by atoms with Gasteiger partial charge in [-0.1, -0.05) is 111 Å². The fourth-order valence-electron chi connectivity index (χ4n) is 3.34. The molecule has 0 radical (unpaired) electrons. The lowest BCUT2D eigenvalue weighted by atomic mass is 9.99. The summed E-state index contributed by atoms with van der Waals surface area (Å²) in [6.45, 7) is 7.39. The Labute approximate surface area is 175 Å². The van der Waals surface area contributed by atoms with Gasteiger partial charge in [-0.2, -0.15) is 11.8 Å². The number of ether oxygens (including phenoxy) is 1. The Morgan fingerprint density at radius 1 is 0.778 bits per heavy atom. The molecule has 0 aromatic rings. The van der Waals surface area contributed by atoms with E-state index < -0.39 is 0 Å². The number of unbranched alkanes of at least 4 members (excludes halogenated alkanes) is 12. The van der Waals surface area contributed by atoms with Gasteiger partial charge in [-0.15, -0.1) is 0 Å². The highest BCUT2D eigenvalue weighted by atomic mass is 32.2. The van der Waals surface area contributed by atoms with E-state index >= 15 is 0 Å². The molecule has 0 aromatic carbocycles. The van der Waals surface area contributed by atoms with Crippen molar-refractivity contribution in [3.63, 3.8) is 0 Å². The molecule has 1 atom stereocenters. The standard InChI is InChI=1S/C24H48O2S/c1-4-23(3)19-17-15-13-11-9-7-6-8-10-12-14-16-18-20-24(25)26-21-22-27-5-2/h23H,4-22H2,1-3H3. The molecular weight excluding hydrogens is 352 g/mol. The molecule has 0 spiro atoms. The molecule has 0 heterocycles. The molecule has 0 rings (SSSR count). The van der Waals surface area contributed by atoms with Gasteiger partial charge in [-0.05, 0) is 18.1 Å². The summed E-state index contributed by atoms with van der Waals surface area (Å²) in [4.78, 5) is 11.5. The van der Waals surface area contributed by atoms with Crippen molar-refractivity contribution in [1.82, 2.24) is 0 Å². The van der Waals surface area contributed by atoms with Gasteiger partial charge in [0.15, 0.2) is 0 Å². The zero-order valence-electron chi connectivity index (χ0n) is 18.7. The second-order valence-electron chi connectivity index (χ2n) is 8.07. The fourth-order valence-corrected chi connectivity index (χ4v) is 3.83. The van der Waals surface area contributed by atoms with E-state index in [1.165, 1.54) is 89.9 Å². The second-order valence-corrected chi connectivity index (χ2v) is 9.46. The minimum absolute atomic E-state index is 0.00780. The Morgan fingerprint density at radius 3 is 1.74 bits per heavy atom. The van der Waals surface area contributed by atoms with E-state index in [0.717, 1.165) is 23.8 Å². The van der Waals surface area contributed by atoms with Gasteiger partial charge >= 0.3 is 5.97 Å². The summed E-state index contributed by atoms with van der Waals surface area (Å²) in [5.41, 5.74) is 0. The van der Waals surface area contributed by atoms with Crippen LogP contribution in [0.5, 0.6) is 0 Å². The lowest BCUT2D eigenvalue weighted by Gasteiger charge is -2.07. The average Bonchev–Trinajstić information content (AvgIpc) is 2.68. The van der Waals surface area contributed by atoms with E-state index in [2.05, 4.69) is 20.8 Å². The molecule has 0 fully saturated rings. The van der Waals surface area contributed by atoms with Crippen LogP contribution in [0.4, 0.5) is 0 Å². The smallest absolute Gasteiger partial charge is 0.305 e. The van der Waals surface area contributed by atoms with Gasteiger partial charge in [0.05, 0.1) is 0 Å². The topological polar surface area (TPSA) is 26.3 Å². The predicted octanol–water partition coefficient (Wildman–Crippen LogP) is 8.18. The summed E-state index contributed by atoms with van der Waals surface area (Å²) in [7, 11) is 0. The molecule has 0 aliphatic carbocycles. The van der Waals surface area contributed by atoms with Crippen molar-refractivity contribution in [3.05, 3.63) is 0 Å². The predicted molar refractivity (Wildman–Crippen MR) is 123 cm³/mol. The highest BCUT2D eigenvalue weighted by molar-refractivity contribution is 7.99. The van der Waals surface area contributed by atoms with E-state index in [9.17, 15) is 4.79 Å². The molecule has 27 heavy (non-hydrogen) atoms. The zero-order chi connectivity index (χ0) is 20.0. The highest BCUT2D eigenvalue weighted by Gasteiger charge is 2.02. The van der Waals surface area contributed by atoms with Crippen LogP contribution in [0.25, 0.3) is 0 Å². The van der Waals surface area contributed by atoms with Crippen LogP contribution in [0, 0.1) is 5.92 Å². The largest absolute Gasteiger partial charge is 0.465 e. The maximum atomic E-state index is 11.5. The second kappa shape index (κ2) is 22.1. The molecule has 0 aliphatic rings. The first kappa shape index (κ1) is 26.8. The molecule has 0 N–H and O–H groups in total. The van der Waals surface area contributed by atoms with Crippen LogP contribution in [-0.4, -0.2) is 24.1 Å². The maximum Gasteiger partial charge on any atom is 0.305 e. The van der Waals surface area contributed by atoms with Crippen molar-refractivity contribution >= 4 is 17.7 Å². The first-order valence-electron chi connectivity index (χ1n) is 11.9. The lowest BCUT2D eigenvalue weighted by Crippen LogP contribution is -2.07. The van der Waals surface area contributed by atoms with E-state index in [-0.39, 0.29) is 5.97 Å². The van der Waals surface area contributed by atoms with Crippen molar-refractivity contribution in [1.29, 1.82) is 0 Å². The number of esters is 1. The van der Waals surface area contributed by atoms with Gasteiger partial charge < -0.3 is 4.74 Å². The third-order valence-corrected chi connectivity index (χ3v) is 6.33. The van der Waals surface area contributed by atoms with Gasteiger partial charge in [0.1, 0.15) is 6.61 Å². The normalized spacial score (nSPS) is 12.3. The molecule has 0 aliphatic heterocycles. The van der Waals surface area contributed by atoms with Crippen LogP contribution in [0.15, 0.2) is 0 Å². The van der Waals surface area contributed by atoms with Crippen molar-refractivity contribution < 1.29 is 9.53 Å². The Balaban J connectivity index is 3.11. The number of thioether (sulfide) groups is 1. The molecule has 0 aromatic heterocycles. The Bertz CT molecular complexity index is 307. The minimum atomic E-state index is -0.00780. The van der Waals surface area contributed by atoms with Crippen LogP contribution in [0.3, 0.4) is 0 Å². The van der Waals surface area contributed by atoms with Gasteiger partial charge in [0.25, 0.3) is 0 Å². The maximum absolute atomic E-state index is 11.5. The summed E-state index contributed by atoms with van der Waals surface area (Å²) < 4.78 is 5.21. The van der Waals surface area contributed by atoms with Crippen LogP contribution >= 0.6 is 11.8 Å². The van der Waals surface area contributed by atoms with Crippen molar-refractivity contribution in [2.24, 2.45) is 5.92 Å². The van der Waals surface area contributed by atoms with Crippen molar-refractivity contribution in [2.45, 2.75) is 124 Å². The first-order chi connectivity index (χ1) is 13.2. The lowest BCUT2D eigenvalue weighted by molar-refractivity contribution is -0.143. The van der Waals surface area contributed by atoms with Gasteiger partial charge in [-0.25, -0.2) is 0 Å². The fraction of sp³-hybridized carbons (Fsp3) is 0.958. The molecule has 0 saturated heterocycles. The molecule has 0 bridgehead atoms. The monoisotopic (exact) mass is 400 g/mol. The zero-order valence-corrected chi connectivity index (χ0v) is 19.6. The first-order valence-corrected chi connectivity index (χ1v) is 13.1. The third-order valence-electron chi connectivity index (χ3n) is 5.47. The van der Waals surface area contributed by atoms with Crippen molar-refractivity contribution in [3.8, 4) is 0 Å². The molecule has 0 saturated carbocycles. The molecular formula is C24H48O2S. The number of carbonyl (C=O) groups excluding carboxylic acids is 1. The summed E-state index contributed by atoms with van der Waals surface area (Å²) >= 11 is 1.82. The van der Waals surface area contributed by atoms with E-state index in [1.54, 1.807) is 0 Å². The Kier molecular flexibility index (Phi) is 22.0. The molecule has 162 valence electrons. The average molecular weight is 401 g/mol. The number of carbonyl (C=O) groups is 1. The quantitative estimate of drug-likeness (QED) is 0.143. The third kappa shape index (κ3) is 22.0. The molecule has 3 heteroatoms. The van der Waals surface area contributed by atoms with Crippen LogP contribution in [-0.2, 0) is 9.53 Å². The van der Waals surface area contributed by atoms with Crippen LogP contribution < -0.4 is 0 Å².